The number of pyridine rings is 3. The van der Waals surface area contributed by atoms with Crippen molar-refractivity contribution >= 4 is 27.8 Å². The number of anilines is 1. The predicted molar refractivity (Wildman–Crippen MR) is 133 cm³/mol. The Kier molecular flexibility index (Phi) is 4.88. The van der Waals surface area contributed by atoms with E-state index in [4.69, 9.17) is 9.97 Å². The summed E-state index contributed by atoms with van der Waals surface area (Å²) < 4.78 is 27.7. The fraction of sp³-hybridized carbons (Fsp3) is 0.269. The maximum atomic E-state index is 14.4. The molecule has 2 N–H and O–H groups in total. The first-order chi connectivity index (χ1) is 17.7. The normalized spacial score (nSPS) is 16.2. The molecule has 2 fully saturated rings. The Bertz CT molecular complexity index is 1620. The van der Waals surface area contributed by atoms with Gasteiger partial charge in [0.15, 0.2) is 5.82 Å². The van der Waals surface area contributed by atoms with Gasteiger partial charge in [0.05, 0.1) is 23.0 Å². The molecule has 1 saturated heterocycles. The summed E-state index contributed by atoms with van der Waals surface area (Å²) in [5.41, 5.74) is 3.98. The minimum atomic E-state index is -0.885. The molecule has 8 nitrogen and oxygen atoms in total. The molecule has 2 aliphatic rings. The Labute approximate surface area is 204 Å². The number of nitrogens with one attached hydrogen (secondary N) is 2. The lowest BCUT2D eigenvalue weighted by molar-refractivity contribution is 0.515. The number of rotatable bonds is 4. The van der Waals surface area contributed by atoms with Gasteiger partial charge in [-0.15, -0.1) is 0 Å². The fourth-order valence-corrected chi connectivity index (χ4v) is 5.00. The standard InChI is InChI=1S/C26H22F2N8/c27-21-4-3-16(23(28)34-21)19-11-17-15(5-6-31-24(17)32-19)25-33-20-13-30-12-18(14-1-2-14)22(20)26(35-25)36-9-7-29-8-10-36/h3-6,11-14,29H,1-2,7-10H2,(H,31,32). The van der Waals surface area contributed by atoms with E-state index in [1.165, 1.54) is 11.6 Å². The van der Waals surface area contributed by atoms with E-state index in [-0.39, 0.29) is 5.56 Å². The van der Waals surface area contributed by atoms with Crippen molar-refractivity contribution in [2.45, 2.75) is 18.8 Å². The van der Waals surface area contributed by atoms with Crippen LogP contribution in [0.2, 0.25) is 0 Å². The van der Waals surface area contributed by atoms with Gasteiger partial charge >= 0.3 is 0 Å². The zero-order chi connectivity index (χ0) is 24.2. The van der Waals surface area contributed by atoms with E-state index in [1.807, 2.05) is 12.3 Å². The molecular formula is C26H22F2N8. The van der Waals surface area contributed by atoms with Gasteiger partial charge in [0.25, 0.3) is 0 Å². The molecule has 0 atom stereocenters. The van der Waals surface area contributed by atoms with Crippen molar-refractivity contribution in [1.82, 2.24) is 35.2 Å². The van der Waals surface area contributed by atoms with Crippen LogP contribution < -0.4 is 10.2 Å². The average Bonchev–Trinajstić information content (AvgIpc) is 3.66. The molecule has 0 aromatic carbocycles. The molecule has 6 heterocycles. The van der Waals surface area contributed by atoms with Crippen LogP contribution in [0.1, 0.15) is 24.3 Å². The third kappa shape index (κ3) is 3.56. The molecule has 0 radical (unpaired) electrons. The van der Waals surface area contributed by atoms with E-state index < -0.39 is 11.9 Å². The Balaban J connectivity index is 1.42. The fourth-order valence-electron chi connectivity index (χ4n) is 5.00. The number of aromatic nitrogens is 6. The summed E-state index contributed by atoms with van der Waals surface area (Å²) in [5.74, 6) is 0.244. The van der Waals surface area contributed by atoms with Crippen molar-refractivity contribution < 1.29 is 8.78 Å². The van der Waals surface area contributed by atoms with Crippen LogP contribution in [0.15, 0.2) is 42.9 Å². The highest BCUT2D eigenvalue weighted by molar-refractivity contribution is 5.98. The van der Waals surface area contributed by atoms with Gasteiger partial charge < -0.3 is 15.2 Å². The van der Waals surface area contributed by atoms with Gasteiger partial charge in [-0.1, -0.05) is 0 Å². The second kappa shape index (κ2) is 8.27. The molecule has 0 bridgehead atoms. The van der Waals surface area contributed by atoms with Crippen LogP contribution in [-0.4, -0.2) is 56.1 Å². The Morgan fingerprint density at radius 1 is 0.944 bits per heavy atom. The number of fused-ring (bicyclic) bond motifs is 2. The van der Waals surface area contributed by atoms with E-state index >= 15 is 0 Å². The molecule has 0 amide bonds. The molecule has 1 aliphatic heterocycles. The molecule has 36 heavy (non-hydrogen) atoms. The second-order valence-corrected chi connectivity index (χ2v) is 9.28. The van der Waals surface area contributed by atoms with E-state index in [2.05, 4.69) is 30.2 Å². The average molecular weight is 485 g/mol. The maximum absolute atomic E-state index is 14.4. The second-order valence-electron chi connectivity index (χ2n) is 9.28. The van der Waals surface area contributed by atoms with Gasteiger partial charge in [-0.05, 0) is 48.6 Å². The van der Waals surface area contributed by atoms with Crippen LogP contribution in [0.3, 0.4) is 0 Å². The quantitative estimate of drug-likeness (QED) is 0.369. The third-order valence-corrected chi connectivity index (χ3v) is 6.93. The zero-order valence-corrected chi connectivity index (χ0v) is 19.3. The summed E-state index contributed by atoms with van der Waals surface area (Å²) in [5, 5.41) is 5.23. The molecule has 0 spiro atoms. The molecule has 10 heteroatoms. The molecule has 5 aromatic heterocycles. The van der Waals surface area contributed by atoms with Gasteiger partial charge in [-0.2, -0.15) is 13.8 Å². The zero-order valence-electron chi connectivity index (χ0n) is 19.3. The SMILES string of the molecule is Fc1ccc(-c2cc3c(-c4nc(N5CCNCC5)c5c(C6CC6)cncc5n4)ccnc3[nH]2)c(F)n1. The van der Waals surface area contributed by atoms with Crippen molar-refractivity contribution in [1.29, 1.82) is 0 Å². The number of aromatic amines is 1. The van der Waals surface area contributed by atoms with Crippen LogP contribution in [0.5, 0.6) is 0 Å². The molecule has 0 unspecified atom stereocenters. The summed E-state index contributed by atoms with van der Waals surface area (Å²) in [6, 6.07) is 6.14. The van der Waals surface area contributed by atoms with Crippen LogP contribution in [0.25, 0.3) is 44.6 Å². The van der Waals surface area contributed by atoms with E-state index in [0.717, 1.165) is 72.8 Å². The van der Waals surface area contributed by atoms with Crippen molar-refractivity contribution in [3.8, 4) is 22.6 Å². The molecule has 180 valence electrons. The summed E-state index contributed by atoms with van der Waals surface area (Å²) >= 11 is 0. The predicted octanol–water partition coefficient (Wildman–Crippen LogP) is 4.20. The van der Waals surface area contributed by atoms with Gasteiger partial charge in [-0.3, -0.25) is 4.98 Å². The summed E-state index contributed by atoms with van der Waals surface area (Å²) in [6.07, 6.45) is 7.76. The smallest absolute Gasteiger partial charge is 0.224 e. The first-order valence-corrected chi connectivity index (χ1v) is 12.1. The molecule has 5 aromatic rings. The number of H-pyrrole nitrogens is 1. The van der Waals surface area contributed by atoms with Gasteiger partial charge in [0, 0.05) is 54.9 Å². The first-order valence-electron chi connectivity index (χ1n) is 12.1. The van der Waals surface area contributed by atoms with E-state index in [9.17, 15) is 8.78 Å². The van der Waals surface area contributed by atoms with Gasteiger partial charge in [-0.25, -0.2) is 15.0 Å². The van der Waals surface area contributed by atoms with Gasteiger partial charge in [0.2, 0.25) is 11.9 Å². The van der Waals surface area contributed by atoms with E-state index in [1.54, 1.807) is 18.5 Å². The highest BCUT2D eigenvalue weighted by Crippen LogP contribution is 2.45. The lowest BCUT2D eigenvalue weighted by Gasteiger charge is -2.30. The summed E-state index contributed by atoms with van der Waals surface area (Å²) in [7, 11) is 0. The number of hydrogen-bond acceptors (Lipinski definition) is 7. The minimum absolute atomic E-state index is 0.166. The first kappa shape index (κ1) is 21.3. The largest absolute Gasteiger partial charge is 0.353 e. The Morgan fingerprint density at radius 2 is 1.81 bits per heavy atom. The van der Waals surface area contributed by atoms with Crippen molar-refractivity contribution in [3.05, 3.63) is 60.3 Å². The minimum Gasteiger partial charge on any atom is -0.353 e. The summed E-state index contributed by atoms with van der Waals surface area (Å²) in [4.78, 5) is 27.7. The number of nitrogens with zero attached hydrogens (tertiary/aromatic N) is 6. The van der Waals surface area contributed by atoms with Crippen LogP contribution in [-0.2, 0) is 0 Å². The number of hydrogen-bond donors (Lipinski definition) is 2. The van der Waals surface area contributed by atoms with Crippen LogP contribution in [0, 0.1) is 11.9 Å². The monoisotopic (exact) mass is 484 g/mol. The van der Waals surface area contributed by atoms with Crippen molar-refractivity contribution in [3.63, 3.8) is 0 Å². The lowest BCUT2D eigenvalue weighted by atomic mass is 10.1. The van der Waals surface area contributed by atoms with Crippen molar-refractivity contribution in [2.75, 3.05) is 31.1 Å². The highest BCUT2D eigenvalue weighted by Gasteiger charge is 2.29. The topological polar surface area (TPSA) is 95.5 Å². The Morgan fingerprint density at radius 3 is 2.61 bits per heavy atom. The number of piperazine rings is 1. The maximum Gasteiger partial charge on any atom is 0.224 e. The van der Waals surface area contributed by atoms with Gasteiger partial charge in [0.1, 0.15) is 11.5 Å². The highest BCUT2D eigenvalue weighted by atomic mass is 19.1. The Hall–Kier alpha value is -4.05. The van der Waals surface area contributed by atoms with Crippen molar-refractivity contribution in [2.24, 2.45) is 0 Å². The summed E-state index contributed by atoms with van der Waals surface area (Å²) in [6.45, 7) is 3.50. The third-order valence-electron chi connectivity index (χ3n) is 6.93. The van der Waals surface area contributed by atoms with Crippen LogP contribution in [0.4, 0.5) is 14.6 Å². The molecular weight excluding hydrogens is 462 g/mol. The lowest BCUT2D eigenvalue weighted by Crippen LogP contribution is -2.44. The molecule has 1 saturated carbocycles. The number of halogens is 2. The molecule has 1 aliphatic carbocycles. The van der Waals surface area contributed by atoms with Crippen LogP contribution >= 0.6 is 0 Å². The molecule has 7 rings (SSSR count). The van der Waals surface area contributed by atoms with E-state index in [0.29, 0.717) is 23.1 Å².